The van der Waals surface area contributed by atoms with Crippen LogP contribution in [0.2, 0.25) is 0 Å². The topological polar surface area (TPSA) is 40.5 Å². The molecule has 1 N–H and O–H groups in total. The predicted molar refractivity (Wildman–Crippen MR) is 58.9 cm³/mol. The maximum atomic E-state index is 11.5. The molecule has 0 aromatic rings. The molecule has 2 rings (SSSR count). The second kappa shape index (κ2) is 4.30. The number of hydrogen-bond acceptors (Lipinski definition) is 2. The zero-order valence-electron chi connectivity index (χ0n) is 8.91. The maximum Gasteiger partial charge on any atom is 0.224 e. The van der Waals surface area contributed by atoms with Crippen LogP contribution in [0.15, 0.2) is 0 Å². The Balaban J connectivity index is 1.92. The first kappa shape index (κ1) is 11.2. The van der Waals surface area contributed by atoms with Gasteiger partial charge in [0.05, 0.1) is 11.0 Å². The number of hydrogen-bond donors (Lipinski definition) is 1. The standard InChI is InChI=1S/C11H18ClNO2/c12-9-6-10(14)13(7-9)8-11(15)4-2-1-3-5-11/h9,15H,1-8H2. The fourth-order valence-electron chi connectivity index (χ4n) is 2.60. The fraction of sp³-hybridized carbons (Fsp3) is 0.909. The van der Waals surface area contributed by atoms with E-state index in [9.17, 15) is 9.90 Å². The van der Waals surface area contributed by atoms with E-state index in [1.165, 1.54) is 6.42 Å². The maximum absolute atomic E-state index is 11.5. The van der Waals surface area contributed by atoms with Crippen LogP contribution >= 0.6 is 11.6 Å². The number of rotatable bonds is 2. The van der Waals surface area contributed by atoms with Gasteiger partial charge in [0.25, 0.3) is 0 Å². The summed E-state index contributed by atoms with van der Waals surface area (Å²) in [4.78, 5) is 13.3. The van der Waals surface area contributed by atoms with Crippen molar-refractivity contribution in [2.75, 3.05) is 13.1 Å². The summed E-state index contributed by atoms with van der Waals surface area (Å²) < 4.78 is 0. The number of β-amino-alcohol motifs (C(OH)–C–C–N with tert-alkyl or cyclic N) is 1. The Kier molecular flexibility index (Phi) is 3.21. The summed E-state index contributed by atoms with van der Waals surface area (Å²) in [5, 5.41) is 10.2. The number of amides is 1. The van der Waals surface area contributed by atoms with E-state index in [-0.39, 0.29) is 11.3 Å². The Bertz CT molecular complexity index is 251. The summed E-state index contributed by atoms with van der Waals surface area (Å²) >= 11 is 5.92. The van der Waals surface area contributed by atoms with Gasteiger partial charge >= 0.3 is 0 Å². The number of likely N-dealkylation sites (tertiary alicyclic amines) is 1. The zero-order valence-corrected chi connectivity index (χ0v) is 9.67. The van der Waals surface area contributed by atoms with Crippen LogP contribution < -0.4 is 0 Å². The van der Waals surface area contributed by atoms with Gasteiger partial charge in [0.2, 0.25) is 5.91 Å². The highest BCUT2D eigenvalue weighted by atomic mass is 35.5. The fourth-order valence-corrected chi connectivity index (χ4v) is 2.90. The van der Waals surface area contributed by atoms with Crippen LogP contribution in [0.4, 0.5) is 0 Å². The van der Waals surface area contributed by atoms with Crippen molar-refractivity contribution in [1.82, 2.24) is 4.90 Å². The second-order valence-electron chi connectivity index (χ2n) is 4.86. The summed E-state index contributed by atoms with van der Waals surface area (Å²) in [6.07, 6.45) is 5.42. The van der Waals surface area contributed by atoms with Crippen LogP contribution in [-0.4, -0.2) is 40.0 Å². The Labute approximate surface area is 95.4 Å². The molecule has 2 aliphatic rings. The van der Waals surface area contributed by atoms with Crippen LogP contribution in [0, 0.1) is 0 Å². The molecule has 3 nitrogen and oxygen atoms in total. The molecule has 4 heteroatoms. The molecule has 1 aliphatic carbocycles. The average Bonchev–Trinajstić information content (AvgIpc) is 2.45. The highest BCUT2D eigenvalue weighted by molar-refractivity contribution is 6.22. The number of carbonyl (C=O) groups excluding carboxylic acids is 1. The van der Waals surface area contributed by atoms with E-state index in [1.54, 1.807) is 4.90 Å². The average molecular weight is 232 g/mol. The van der Waals surface area contributed by atoms with Crippen LogP contribution in [0.25, 0.3) is 0 Å². The van der Waals surface area contributed by atoms with Crippen molar-refractivity contribution < 1.29 is 9.90 Å². The molecule has 1 heterocycles. The van der Waals surface area contributed by atoms with Gasteiger partial charge in [-0.15, -0.1) is 11.6 Å². The summed E-state index contributed by atoms with van der Waals surface area (Å²) in [6, 6.07) is 0. The van der Waals surface area contributed by atoms with E-state index in [2.05, 4.69) is 0 Å². The molecule has 1 saturated heterocycles. The Morgan fingerprint density at radius 3 is 2.60 bits per heavy atom. The van der Waals surface area contributed by atoms with Gasteiger partial charge in [0, 0.05) is 19.5 Å². The van der Waals surface area contributed by atoms with Crippen LogP contribution in [-0.2, 0) is 4.79 Å². The van der Waals surface area contributed by atoms with Gasteiger partial charge in [-0.05, 0) is 12.8 Å². The minimum Gasteiger partial charge on any atom is -0.388 e. The monoisotopic (exact) mass is 231 g/mol. The molecule has 0 aromatic carbocycles. The van der Waals surface area contributed by atoms with Gasteiger partial charge in [-0.3, -0.25) is 4.79 Å². The van der Waals surface area contributed by atoms with Gasteiger partial charge < -0.3 is 10.0 Å². The third-order valence-corrected chi connectivity index (χ3v) is 3.73. The third kappa shape index (κ3) is 2.64. The number of aliphatic hydroxyl groups is 1. The molecule has 1 saturated carbocycles. The van der Waals surface area contributed by atoms with E-state index < -0.39 is 5.60 Å². The Morgan fingerprint density at radius 1 is 1.40 bits per heavy atom. The van der Waals surface area contributed by atoms with Crippen LogP contribution in [0.3, 0.4) is 0 Å². The number of nitrogens with zero attached hydrogens (tertiary/aromatic N) is 1. The van der Waals surface area contributed by atoms with Gasteiger partial charge in [0.1, 0.15) is 0 Å². The van der Waals surface area contributed by atoms with Crippen molar-refractivity contribution in [2.24, 2.45) is 0 Å². The lowest BCUT2D eigenvalue weighted by molar-refractivity contribution is -0.131. The van der Waals surface area contributed by atoms with E-state index in [0.29, 0.717) is 19.5 Å². The summed E-state index contributed by atoms with van der Waals surface area (Å²) in [7, 11) is 0. The first-order chi connectivity index (χ1) is 7.09. The highest BCUT2D eigenvalue weighted by Gasteiger charge is 2.36. The Morgan fingerprint density at radius 2 is 2.07 bits per heavy atom. The molecular weight excluding hydrogens is 214 g/mol. The molecule has 0 spiro atoms. The van der Waals surface area contributed by atoms with Crippen molar-refractivity contribution in [2.45, 2.75) is 49.5 Å². The highest BCUT2D eigenvalue weighted by Crippen LogP contribution is 2.30. The molecule has 2 fully saturated rings. The Hall–Kier alpha value is -0.280. The second-order valence-corrected chi connectivity index (χ2v) is 5.48. The summed E-state index contributed by atoms with van der Waals surface area (Å²) in [6.45, 7) is 1.08. The molecule has 1 aliphatic heterocycles. The van der Waals surface area contributed by atoms with Gasteiger partial charge in [-0.1, -0.05) is 19.3 Å². The quantitative estimate of drug-likeness (QED) is 0.733. The smallest absolute Gasteiger partial charge is 0.224 e. The van der Waals surface area contributed by atoms with Crippen molar-refractivity contribution in [3.8, 4) is 0 Å². The first-order valence-electron chi connectivity index (χ1n) is 5.73. The van der Waals surface area contributed by atoms with Crippen molar-refractivity contribution in [3.05, 3.63) is 0 Å². The molecule has 1 atom stereocenters. The van der Waals surface area contributed by atoms with Crippen molar-refractivity contribution >= 4 is 17.5 Å². The van der Waals surface area contributed by atoms with Crippen LogP contribution in [0.5, 0.6) is 0 Å². The number of carbonyl (C=O) groups is 1. The lowest BCUT2D eigenvalue weighted by atomic mass is 9.84. The summed E-state index contributed by atoms with van der Waals surface area (Å²) in [5.74, 6) is 0.0917. The molecular formula is C11H18ClNO2. The number of halogens is 1. The largest absolute Gasteiger partial charge is 0.388 e. The van der Waals surface area contributed by atoms with E-state index in [1.807, 2.05) is 0 Å². The van der Waals surface area contributed by atoms with E-state index >= 15 is 0 Å². The molecule has 1 unspecified atom stereocenters. The lowest BCUT2D eigenvalue weighted by Crippen LogP contribution is -2.45. The minimum atomic E-state index is -0.644. The molecule has 86 valence electrons. The van der Waals surface area contributed by atoms with Crippen molar-refractivity contribution in [3.63, 3.8) is 0 Å². The molecule has 0 bridgehead atoms. The third-order valence-electron chi connectivity index (χ3n) is 3.44. The zero-order chi connectivity index (χ0) is 10.9. The molecule has 1 amide bonds. The van der Waals surface area contributed by atoms with Gasteiger partial charge in [0.15, 0.2) is 0 Å². The molecule has 0 aromatic heterocycles. The molecule has 15 heavy (non-hydrogen) atoms. The number of alkyl halides is 1. The predicted octanol–water partition coefficient (Wildman–Crippen LogP) is 1.52. The molecule has 0 radical (unpaired) electrons. The van der Waals surface area contributed by atoms with Gasteiger partial charge in [-0.25, -0.2) is 0 Å². The normalized spacial score (nSPS) is 30.9. The first-order valence-corrected chi connectivity index (χ1v) is 6.17. The SMILES string of the molecule is O=C1CC(Cl)CN1CC1(O)CCCCC1. The minimum absolute atomic E-state index is 0.0651. The lowest BCUT2D eigenvalue weighted by Gasteiger charge is -2.35. The van der Waals surface area contributed by atoms with Crippen molar-refractivity contribution in [1.29, 1.82) is 0 Å². The van der Waals surface area contributed by atoms with Crippen LogP contribution in [0.1, 0.15) is 38.5 Å². The van der Waals surface area contributed by atoms with E-state index in [0.717, 1.165) is 25.7 Å². The summed E-state index contributed by atoms with van der Waals surface area (Å²) in [5.41, 5.74) is -0.644. The van der Waals surface area contributed by atoms with E-state index in [4.69, 9.17) is 11.6 Å². The van der Waals surface area contributed by atoms with Gasteiger partial charge in [-0.2, -0.15) is 0 Å².